The number of ether oxygens (including phenoxy) is 2. The van der Waals surface area contributed by atoms with Gasteiger partial charge in [0.05, 0.1) is 0 Å². The predicted molar refractivity (Wildman–Crippen MR) is 168 cm³/mol. The number of methoxy groups -OCH3 is 1. The molecule has 5 nitrogen and oxygen atoms in total. The molecule has 1 heterocycles. The number of rotatable bonds is 8. The molecule has 1 saturated heterocycles. The molecular weight excluding hydrogens is 657 g/mol. The minimum atomic E-state index is -2.03. The van der Waals surface area contributed by atoms with Crippen LogP contribution in [0.2, 0.25) is 0 Å². The van der Waals surface area contributed by atoms with Gasteiger partial charge in [0, 0.05) is 12.2 Å². The van der Waals surface area contributed by atoms with Gasteiger partial charge in [-0.05, 0) is 44.7 Å². The summed E-state index contributed by atoms with van der Waals surface area (Å²) in [5.41, 5.74) is 8.13. The van der Waals surface area contributed by atoms with Crippen LogP contribution in [0.5, 0.6) is 11.5 Å². The smallest absolute Gasteiger partial charge is 0.0142 e. The Hall–Kier alpha value is -1.83. The first kappa shape index (κ1) is 32.7. The van der Waals surface area contributed by atoms with E-state index in [0.29, 0.717) is 6.54 Å². The molecule has 10 heteroatoms. The van der Waals surface area contributed by atoms with Crippen LogP contribution >= 0.6 is 31.3 Å². The van der Waals surface area contributed by atoms with Gasteiger partial charge in [-0.15, -0.1) is 11.9 Å². The van der Waals surface area contributed by atoms with Crippen molar-refractivity contribution in [2.45, 2.75) is 27.3 Å². The van der Waals surface area contributed by atoms with Crippen LogP contribution in [0, 0.1) is 33.3 Å². The van der Waals surface area contributed by atoms with E-state index in [-0.39, 0.29) is 5.82 Å². The maximum Gasteiger partial charge on any atom is 0.0142 e. The van der Waals surface area contributed by atoms with Crippen molar-refractivity contribution in [3.8, 4) is 11.5 Å². The van der Waals surface area contributed by atoms with Gasteiger partial charge >= 0.3 is 155 Å². The molecule has 3 aromatic rings. The number of aromatic hydroxyl groups is 1. The van der Waals surface area contributed by atoms with Crippen LogP contribution in [0.4, 0.5) is 15.8 Å². The zero-order chi connectivity index (χ0) is 29.4. The largest absolute Gasteiger partial charge is 0.506 e. The summed E-state index contributed by atoms with van der Waals surface area (Å²) in [6.07, 6.45) is 2.12. The van der Waals surface area contributed by atoms with E-state index in [1.807, 2.05) is 30.1 Å². The minimum absolute atomic E-state index is 0.301. The molecule has 0 saturated carbocycles. The average Bonchev–Trinajstić information content (AvgIpc) is 3.38. The summed E-state index contributed by atoms with van der Waals surface area (Å²) in [6.45, 7) is 11.5. The molecule has 0 atom stereocenters. The van der Waals surface area contributed by atoms with Crippen LogP contribution in [0.25, 0.3) is 0 Å². The Morgan fingerprint density at radius 2 is 1.80 bits per heavy atom. The van der Waals surface area contributed by atoms with E-state index in [0.717, 1.165) is 41.4 Å². The van der Waals surface area contributed by atoms with Crippen LogP contribution in [0.1, 0.15) is 27.8 Å². The minimum Gasteiger partial charge on any atom is -0.506 e. The van der Waals surface area contributed by atoms with Crippen molar-refractivity contribution in [1.29, 1.82) is 0 Å². The summed E-state index contributed by atoms with van der Waals surface area (Å²) in [4.78, 5) is 4.41. The van der Waals surface area contributed by atoms with Gasteiger partial charge < -0.3 is 9.21 Å². The molecule has 1 fully saturated rings. The zero-order valence-electron chi connectivity index (χ0n) is 24.0. The number of benzene rings is 3. The molecule has 0 amide bonds. The molecule has 1 aliphatic rings. The van der Waals surface area contributed by atoms with Gasteiger partial charge in [-0.3, -0.25) is 0 Å². The first-order valence-corrected chi connectivity index (χ1v) is 19.3. The van der Waals surface area contributed by atoms with Crippen molar-refractivity contribution in [3.05, 3.63) is 88.8 Å². The van der Waals surface area contributed by atoms with E-state index in [4.69, 9.17) is 24.1 Å². The van der Waals surface area contributed by atoms with Crippen molar-refractivity contribution in [2.24, 2.45) is 0 Å². The van der Waals surface area contributed by atoms with Gasteiger partial charge in [0.25, 0.3) is 0 Å². The zero-order valence-corrected chi connectivity index (χ0v) is 28.1. The number of anilines is 2. The fourth-order valence-corrected chi connectivity index (χ4v) is 7.10. The third-order valence-corrected chi connectivity index (χ3v) is 9.10. The number of aliphatic hydroxyl groups is 1. The first-order valence-electron chi connectivity index (χ1n) is 12.7. The molecule has 220 valence electrons. The third kappa shape index (κ3) is 8.83. The van der Waals surface area contributed by atoms with Crippen LogP contribution in [0.15, 0.2) is 48.5 Å². The molecule has 1 aliphatic heterocycles. The van der Waals surface area contributed by atoms with Crippen molar-refractivity contribution in [1.82, 2.24) is 4.31 Å². The van der Waals surface area contributed by atoms with E-state index in [1.54, 1.807) is 36.8 Å². The first-order chi connectivity index (χ1) is 19.1. The molecule has 40 heavy (non-hydrogen) atoms. The van der Waals surface area contributed by atoms with Gasteiger partial charge in [0.2, 0.25) is 0 Å². The molecule has 0 spiro atoms. The van der Waals surface area contributed by atoms with Crippen LogP contribution in [-0.4, -0.2) is 54.3 Å². The second kappa shape index (κ2) is 15.4. The Labute approximate surface area is 255 Å². The van der Waals surface area contributed by atoms with Crippen molar-refractivity contribution in [3.63, 3.8) is 0 Å². The van der Waals surface area contributed by atoms with Gasteiger partial charge in [0.1, 0.15) is 0 Å². The average molecular weight is 696 g/mol. The third-order valence-electron chi connectivity index (χ3n) is 6.52. The number of nitrogens with zero attached hydrogens (tertiary/aromatic N) is 3. The monoisotopic (exact) mass is 695 g/mol. The fourth-order valence-electron chi connectivity index (χ4n) is 4.77. The van der Waals surface area contributed by atoms with E-state index >= 15 is 0 Å². The summed E-state index contributed by atoms with van der Waals surface area (Å²) in [5.74, 6) is 1.28. The van der Waals surface area contributed by atoms with E-state index in [2.05, 4.69) is 59.8 Å². The van der Waals surface area contributed by atoms with Crippen LogP contribution in [0.3, 0.4) is 0 Å². The Kier molecular flexibility index (Phi) is 12.6. The molecule has 0 unspecified atom stereocenters. The van der Waals surface area contributed by atoms with Crippen molar-refractivity contribution < 1.29 is 27.4 Å². The summed E-state index contributed by atoms with van der Waals surface area (Å²) in [7, 11) is 17.2. The van der Waals surface area contributed by atoms with Crippen molar-refractivity contribution >= 4 is 47.3 Å². The van der Waals surface area contributed by atoms with E-state index in [1.165, 1.54) is 34.5 Å². The SMILES string of the molecule is COc1ccc(N(C)Cc2ccc(F)cc2[CH]=[Ru]([Cl])[Cl])c([OH+]C)c1.CSN1[CH-]N(c2c(C)cc(C)cc2C)CC1. The molecule has 4 rings (SSSR count). The second-order valence-electron chi connectivity index (χ2n) is 9.46. The maximum atomic E-state index is 13.5. The number of halogens is 3. The molecule has 0 aromatic heterocycles. The number of aryl methyl sites for hydroxylation is 3. The molecule has 0 aliphatic carbocycles. The summed E-state index contributed by atoms with van der Waals surface area (Å²) >= 11 is -0.252. The van der Waals surface area contributed by atoms with Gasteiger partial charge in [-0.2, -0.15) is 6.67 Å². The quantitative estimate of drug-likeness (QED) is 0.105. The molecule has 1 N–H and O–H groups in total. The Morgan fingerprint density at radius 3 is 2.38 bits per heavy atom. The van der Waals surface area contributed by atoms with Crippen LogP contribution in [-0.2, 0) is 20.1 Å². The normalized spacial score (nSPS) is 13.4. The molecule has 0 radical (unpaired) electrons. The number of hydrogen-bond donors (Lipinski definition) is 0. The van der Waals surface area contributed by atoms with Crippen LogP contribution < -0.4 is 14.5 Å². The van der Waals surface area contributed by atoms with Gasteiger partial charge in [0.15, 0.2) is 0 Å². The predicted octanol–water partition coefficient (Wildman–Crippen LogP) is 7.55. The Morgan fingerprint density at radius 1 is 1.10 bits per heavy atom. The fraction of sp³-hybridized carbons (Fsp3) is 0.333. The maximum absolute atomic E-state index is 13.5. The molecular formula is C30H38Cl2FN3O2RuS. The molecule has 0 bridgehead atoms. The Bertz CT molecular complexity index is 1320. The molecule has 3 aromatic carbocycles. The van der Waals surface area contributed by atoms with Gasteiger partial charge in [-0.25, -0.2) is 0 Å². The van der Waals surface area contributed by atoms with Gasteiger partial charge in [-0.1, -0.05) is 17.7 Å². The summed E-state index contributed by atoms with van der Waals surface area (Å²) < 4.78 is 27.1. The Balaban J connectivity index is 0.000000238. The topological polar surface area (TPSA) is 31.8 Å². The number of hydrogen-bond acceptors (Lipinski definition) is 5. The van der Waals surface area contributed by atoms with E-state index < -0.39 is 13.5 Å². The summed E-state index contributed by atoms with van der Waals surface area (Å²) in [6, 6.07) is 14.9. The standard InChI is InChI=1S/C17H18FNO2.C13H19N2S.2ClH.Ru/c1-12-9-14(18)6-5-13(12)11-19(2)16-8-7-15(20-3)10-17(16)21-4;1-10-7-11(2)13(12(3)8-10)14-5-6-15(9-14)16-4;;;/h1,5-10H,11H2,2-4H3;7-9H,5-6H2,1-4H3;2*1H;/q;-1;;;+2/p-1. The van der Waals surface area contributed by atoms with E-state index in [9.17, 15) is 4.39 Å². The summed E-state index contributed by atoms with van der Waals surface area (Å²) in [5, 5.41) is 0. The van der Waals surface area contributed by atoms with Crippen molar-refractivity contribution in [2.75, 3.05) is 50.4 Å². The second-order valence-corrected chi connectivity index (χ2v) is 16.0.